The van der Waals surface area contributed by atoms with Gasteiger partial charge < -0.3 is 9.84 Å². The minimum Gasteiger partial charge on any atom is -0.497 e. The Hall–Kier alpha value is -3.22. The van der Waals surface area contributed by atoms with Crippen molar-refractivity contribution < 1.29 is 14.6 Å². The van der Waals surface area contributed by atoms with Gasteiger partial charge in [-0.05, 0) is 29.8 Å². The number of carboxylic acids is 1. The third kappa shape index (κ3) is 3.34. The number of nitrogens with zero attached hydrogens (tertiary/aromatic N) is 4. The Morgan fingerprint density at radius 1 is 1.17 bits per heavy atom. The first kappa shape index (κ1) is 14.7. The van der Waals surface area contributed by atoms with E-state index in [2.05, 4.69) is 15.1 Å². The number of rotatable bonds is 5. The molecule has 0 spiro atoms. The maximum absolute atomic E-state index is 10.8. The van der Waals surface area contributed by atoms with E-state index in [-0.39, 0.29) is 5.69 Å². The highest BCUT2D eigenvalue weighted by molar-refractivity contribution is 5.85. The zero-order valence-corrected chi connectivity index (χ0v) is 12.4. The molecule has 2 heterocycles. The molecule has 23 heavy (non-hydrogen) atoms. The number of carbonyl (C=O) groups is 1. The molecule has 7 nitrogen and oxygen atoms in total. The van der Waals surface area contributed by atoms with E-state index in [0.717, 1.165) is 11.3 Å². The van der Waals surface area contributed by atoms with E-state index < -0.39 is 5.97 Å². The lowest BCUT2D eigenvalue weighted by Crippen LogP contribution is -2.01. The van der Waals surface area contributed by atoms with Crippen LogP contribution in [0.3, 0.4) is 0 Å². The smallest absolute Gasteiger partial charge is 0.354 e. The predicted molar refractivity (Wildman–Crippen MR) is 82.3 cm³/mol. The summed E-state index contributed by atoms with van der Waals surface area (Å²) in [5.41, 5.74) is 1.73. The largest absolute Gasteiger partial charge is 0.497 e. The number of benzene rings is 1. The first-order chi connectivity index (χ1) is 11.2. The third-order valence-electron chi connectivity index (χ3n) is 3.28. The summed E-state index contributed by atoms with van der Waals surface area (Å²) < 4.78 is 6.83. The van der Waals surface area contributed by atoms with Crippen LogP contribution in [0.5, 0.6) is 5.75 Å². The Balaban J connectivity index is 1.75. The van der Waals surface area contributed by atoms with Gasteiger partial charge in [-0.15, -0.1) is 0 Å². The second-order valence-electron chi connectivity index (χ2n) is 4.85. The Kier molecular flexibility index (Phi) is 4.01. The topological polar surface area (TPSA) is 90.1 Å². The first-order valence-corrected chi connectivity index (χ1v) is 6.88. The molecular formula is C16H14N4O3. The zero-order chi connectivity index (χ0) is 16.2. The van der Waals surface area contributed by atoms with Gasteiger partial charge in [-0.2, -0.15) is 5.10 Å². The standard InChI is InChI=1S/C16H14N4O3/c1-23-13-5-2-11(3-6-13)9-20-10-18-15(19-20)12-4-7-14(16(21)22)17-8-12/h2-8,10H,9H2,1H3,(H,21,22). The summed E-state index contributed by atoms with van der Waals surface area (Å²) in [7, 11) is 1.63. The van der Waals surface area contributed by atoms with Crippen LogP contribution >= 0.6 is 0 Å². The number of aromatic carboxylic acids is 1. The molecular weight excluding hydrogens is 296 g/mol. The van der Waals surface area contributed by atoms with E-state index in [0.29, 0.717) is 17.9 Å². The molecule has 2 aromatic heterocycles. The van der Waals surface area contributed by atoms with E-state index in [4.69, 9.17) is 9.84 Å². The van der Waals surface area contributed by atoms with Crippen LogP contribution in [-0.2, 0) is 6.54 Å². The number of hydrogen-bond donors (Lipinski definition) is 1. The predicted octanol–water partition coefficient (Wildman–Crippen LogP) is 2.10. The summed E-state index contributed by atoms with van der Waals surface area (Å²) in [6.45, 7) is 0.581. The molecule has 0 amide bonds. The Labute approximate surface area is 132 Å². The van der Waals surface area contributed by atoms with Gasteiger partial charge in [-0.1, -0.05) is 12.1 Å². The number of aromatic nitrogens is 4. The highest BCUT2D eigenvalue weighted by Crippen LogP contribution is 2.15. The van der Waals surface area contributed by atoms with Crippen LogP contribution in [0, 0.1) is 0 Å². The number of hydrogen-bond acceptors (Lipinski definition) is 5. The van der Waals surface area contributed by atoms with E-state index in [1.54, 1.807) is 24.2 Å². The number of ether oxygens (including phenoxy) is 1. The van der Waals surface area contributed by atoms with Crippen molar-refractivity contribution in [3.05, 3.63) is 60.2 Å². The zero-order valence-electron chi connectivity index (χ0n) is 12.4. The van der Waals surface area contributed by atoms with Crippen LogP contribution < -0.4 is 4.74 Å². The molecule has 0 unspecified atom stereocenters. The van der Waals surface area contributed by atoms with Gasteiger partial charge in [0, 0.05) is 11.8 Å². The molecule has 0 atom stereocenters. The lowest BCUT2D eigenvalue weighted by Gasteiger charge is -2.03. The van der Waals surface area contributed by atoms with Crippen molar-refractivity contribution in [3.63, 3.8) is 0 Å². The average molecular weight is 310 g/mol. The van der Waals surface area contributed by atoms with Crippen molar-refractivity contribution in [2.75, 3.05) is 7.11 Å². The first-order valence-electron chi connectivity index (χ1n) is 6.88. The monoisotopic (exact) mass is 310 g/mol. The number of methoxy groups -OCH3 is 1. The van der Waals surface area contributed by atoms with Crippen molar-refractivity contribution in [2.45, 2.75) is 6.54 Å². The van der Waals surface area contributed by atoms with Crippen LogP contribution in [0.4, 0.5) is 0 Å². The van der Waals surface area contributed by atoms with E-state index in [9.17, 15) is 4.79 Å². The maximum Gasteiger partial charge on any atom is 0.354 e. The molecule has 0 saturated carbocycles. The van der Waals surface area contributed by atoms with Crippen LogP contribution in [0.1, 0.15) is 16.1 Å². The fraction of sp³-hybridized carbons (Fsp3) is 0.125. The Morgan fingerprint density at radius 3 is 2.57 bits per heavy atom. The highest BCUT2D eigenvalue weighted by Gasteiger charge is 2.08. The molecule has 0 aliphatic heterocycles. The van der Waals surface area contributed by atoms with Gasteiger partial charge in [0.2, 0.25) is 0 Å². The second kappa shape index (κ2) is 6.27. The summed E-state index contributed by atoms with van der Waals surface area (Å²) in [5.74, 6) is 0.245. The molecule has 1 N–H and O–H groups in total. The lowest BCUT2D eigenvalue weighted by molar-refractivity contribution is 0.0690. The minimum atomic E-state index is -1.06. The van der Waals surface area contributed by atoms with Crippen molar-refractivity contribution in [1.82, 2.24) is 19.7 Å². The van der Waals surface area contributed by atoms with Crippen LogP contribution in [0.2, 0.25) is 0 Å². The fourth-order valence-corrected chi connectivity index (χ4v) is 2.07. The van der Waals surface area contributed by atoms with Crippen molar-refractivity contribution in [2.24, 2.45) is 0 Å². The highest BCUT2D eigenvalue weighted by atomic mass is 16.5. The molecule has 3 rings (SSSR count). The summed E-state index contributed by atoms with van der Waals surface area (Å²) in [4.78, 5) is 18.9. The van der Waals surface area contributed by atoms with Gasteiger partial charge in [-0.25, -0.2) is 19.4 Å². The molecule has 0 aliphatic rings. The van der Waals surface area contributed by atoms with Gasteiger partial charge >= 0.3 is 5.97 Å². The van der Waals surface area contributed by atoms with Crippen molar-refractivity contribution in [1.29, 1.82) is 0 Å². The van der Waals surface area contributed by atoms with Gasteiger partial charge in [0.05, 0.1) is 13.7 Å². The molecule has 0 aliphatic carbocycles. The van der Waals surface area contributed by atoms with Gasteiger partial charge in [0.1, 0.15) is 17.8 Å². The van der Waals surface area contributed by atoms with Gasteiger partial charge in [-0.3, -0.25) is 0 Å². The Bertz CT molecular complexity index is 810. The van der Waals surface area contributed by atoms with Crippen molar-refractivity contribution >= 4 is 5.97 Å². The minimum absolute atomic E-state index is 0.00795. The maximum atomic E-state index is 10.8. The average Bonchev–Trinajstić information content (AvgIpc) is 3.04. The fourth-order valence-electron chi connectivity index (χ4n) is 2.07. The van der Waals surface area contributed by atoms with Gasteiger partial charge in [0.25, 0.3) is 0 Å². The van der Waals surface area contributed by atoms with E-state index >= 15 is 0 Å². The molecule has 3 aromatic rings. The summed E-state index contributed by atoms with van der Waals surface area (Å²) in [6.07, 6.45) is 3.08. The molecule has 7 heteroatoms. The van der Waals surface area contributed by atoms with E-state index in [1.165, 1.54) is 12.3 Å². The molecule has 1 aromatic carbocycles. The number of carboxylic acid groups (broad SMARTS) is 1. The van der Waals surface area contributed by atoms with E-state index in [1.807, 2.05) is 24.3 Å². The van der Waals surface area contributed by atoms with Crippen LogP contribution in [0.25, 0.3) is 11.4 Å². The van der Waals surface area contributed by atoms with Crippen LogP contribution in [0.15, 0.2) is 48.9 Å². The second-order valence-corrected chi connectivity index (χ2v) is 4.85. The molecule has 0 saturated heterocycles. The number of pyridine rings is 1. The quantitative estimate of drug-likeness (QED) is 0.776. The normalized spacial score (nSPS) is 10.5. The summed E-state index contributed by atoms with van der Waals surface area (Å²) >= 11 is 0. The third-order valence-corrected chi connectivity index (χ3v) is 3.28. The van der Waals surface area contributed by atoms with Crippen LogP contribution in [-0.4, -0.2) is 37.9 Å². The SMILES string of the molecule is COc1ccc(Cn2cnc(-c3ccc(C(=O)O)nc3)n2)cc1. The lowest BCUT2D eigenvalue weighted by atomic mass is 10.2. The summed E-state index contributed by atoms with van der Waals surface area (Å²) in [5, 5.41) is 13.2. The molecule has 0 fully saturated rings. The molecule has 0 radical (unpaired) electrons. The summed E-state index contributed by atoms with van der Waals surface area (Å²) in [6, 6.07) is 10.8. The van der Waals surface area contributed by atoms with Crippen molar-refractivity contribution in [3.8, 4) is 17.1 Å². The van der Waals surface area contributed by atoms with Gasteiger partial charge in [0.15, 0.2) is 5.82 Å². The molecule has 116 valence electrons. The molecule has 0 bridgehead atoms. The Morgan fingerprint density at radius 2 is 1.96 bits per heavy atom.